The summed E-state index contributed by atoms with van der Waals surface area (Å²) in [5.74, 6) is -1.61. The minimum absolute atomic E-state index is 0.0757. The number of carboxylic acid groups (broad SMARTS) is 1. The lowest BCUT2D eigenvalue weighted by Gasteiger charge is -2.10. The second-order valence-corrected chi connectivity index (χ2v) is 4.82. The maximum Gasteiger partial charge on any atom is 0.311 e. The molecule has 2 atom stereocenters. The third kappa shape index (κ3) is 3.68. The predicted octanol–water partition coefficient (Wildman–Crippen LogP) is 2.85. The molecule has 0 aromatic carbocycles. The Labute approximate surface area is 98.1 Å². The van der Waals surface area contributed by atoms with Crippen molar-refractivity contribution in [3.63, 3.8) is 0 Å². The van der Waals surface area contributed by atoms with Gasteiger partial charge in [-0.3, -0.25) is 4.79 Å². The van der Waals surface area contributed by atoms with Crippen LogP contribution in [0.15, 0.2) is 17.5 Å². The van der Waals surface area contributed by atoms with Gasteiger partial charge in [0.05, 0.1) is 5.92 Å². The van der Waals surface area contributed by atoms with E-state index < -0.39 is 11.9 Å². The number of thiol groups is 1. The van der Waals surface area contributed by atoms with Crippen LogP contribution in [-0.4, -0.2) is 17.3 Å². The van der Waals surface area contributed by atoms with Crippen molar-refractivity contribution in [1.29, 1.82) is 5.41 Å². The van der Waals surface area contributed by atoms with Crippen molar-refractivity contribution in [3.8, 4) is 0 Å². The van der Waals surface area contributed by atoms with Gasteiger partial charge in [-0.05, 0) is 24.3 Å². The summed E-state index contributed by atoms with van der Waals surface area (Å²) in [4.78, 5) is 11.8. The van der Waals surface area contributed by atoms with Gasteiger partial charge in [0.25, 0.3) is 0 Å². The van der Waals surface area contributed by atoms with Crippen LogP contribution in [0, 0.1) is 11.3 Å². The minimum atomic E-state index is -0.934. The highest BCUT2D eigenvalue weighted by Gasteiger charge is 2.16. The molecule has 0 aliphatic carbocycles. The fourth-order valence-corrected chi connectivity index (χ4v) is 2.40. The largest absolute Gasteiger partial charge is 0.481 e. The number of hydrogen-bond acceptors (Lipinski definition) is 4. The molecule has 1 heterocycles. The number of hydrogen-bond donors (Lipinski definition) is 3. The van der Waals surface area contributed by atoms with Crippen LogP contribution in [0.2, 0.25) is 0 Å². The molecule has 2 N–H and O–H groups in total. The molecular weight excluding hydrogens is 230 g/mol. The monoisotopic (exact) mass is 243 g/mol. The van der Waals surface area contributed by atoms with Gasteiger partial charge in [0, 0.05) is 16.3 Å². The van der Waals surface area contributed by atoms with E-state index in [0.29, 0.717) is 12.8 Å². The molecule has 0 amide bonds. The second kappa shape index (κ2) is 5.92. The highest BCUT2D eigenvalue weighted by Crippen LogP contribution is 2.29. The molecule has 1 rings (SSSR count). The first-order valence-electron chi connectivity index (χ1n) is 4.60. The summed E-state index contributed by atoms with van der Waals surface area (Å²) in [5.41, 5.74) is 0. The average Bonchev–Trinajstić information content (AvgIpc) is 2.70. The van der Waals surface area contributed by atoms with Crippen LogP contribution in [0.4, 0.5) is 0 Å². The molecule has 1 aromatic rings. The van der Waals surface area contributed by atoms with E-state index in [0.717, 1.165) is 11.1 Å². The van der Waals surface area contributed by atoms with Gasteiger partial charge >= 0.3 is 5.97 Å². The summed E-state index contributed by atoms with van der Waals surface area (Å²) in [5, 5.41) is 17.8. The van der Waals surface area contributed by atoms with E-state index in [-0.39, 0.29) is 5.25 Å². The molecule has 15 heavy (non-hydrogen) atoms. The molecule has 3 nitrogen and oxygen atoms in total. The molecule has 0 aliphatic heterocycles. The molecule has 0 spiro atoms. The zero-order valence-corrected chi connectivity index (χ0v) is 9.80. The molecular formula is C10H13NO2S2. The van der Waals surface area contributed by atoms with Gasteiger partial charge in [-0.25, -0.2) is 0 Å². The van der Waals surface area contributed by atoms with Crippen LogP contribution in [0.3, 0.4) is 0 Å². The number of rotatable bonds is 6. The van der Waals surface area contributed by atoms with E-state index >= 15 is 0 Å². The third-order valence-electron chi connectivity index (χ3n) is 2.14. The Bertz CT molecular complexity index is 324. The van der Waals surface area contributed by atoms with Crippen molar-refractivity contribution >= 4 is 36.1 Å². The highest BCUT2D eigenvalue weighted by molar-refractivity contribution is 7.80. The fourth-order valence-electron chi connectivity index (χ4n) is 1.24. The summed E-state index contributed by atoms with van der Waals surface area (Å²) in [6, 6.07) is 3.94. The lowest BCUT2D eigenvalue weighted by atomic mass is 10.0. The van der Waals surface area contributed by atoms with Gasteiger partial charge < -0.3 is 10.5 Å². The topological polar surface area (TPSA) is 61.2 Å². The molecule has 82 valence electrons. The van der Waals surface area contributed by atoms with Gasteiger partial charge in [0.15, 0.2) is 0 Å². The fraction of sp³-hybridized carbons (Fsp3) is 0.400. The number of thiophene rings is 1. The van der Waals surface area contributed by atoms with Crippen LogP contribution in [-0.2, 0) is 4.79 Å². The lowest BCUT2D eigenvalue weighted by Crippen LogP contribution is -2.15. The van der Waals surface area contributed by atoms with Crippen molar-refractivity contribution in [3.05, 3.63) is 22.4 Å². The number of carbonyl (C=O) groups is 1. The Kier molecular flexibility index (Phi) is 4.84. The van der Waals surface area contributed by atoms with Gasteiger partial charge in [0.1, 0.15) is 0 Å². The Morgan fingerprint density at radius 2 is 2.40 bits per heavy atom. The van der Waals surface area contributed by atoms with Gasteiger partial charge in [-0.1, -0.05) is 6.07 Å². The molecule has 0 aliphatic rings. The van der Waals surface area contributed by atoms with E-state index in [4.69, 9.17) is 10.5 Å². The minimum Gasteiger partial charge on any atom is -0.481 e. The smallest absolute Gasteiger partial charge is 0.311 e. The Balaban J connectivity index is 2.43. The van der Waals surface area contributed by atoms with Crippen LogP contribution < -0.4 is 0 Å². The highest BCUT2D eigenvalue weighted by atomic mass is 32.1. The van der Waals surface area contributed by atoms with Gasteiger partial charge in [-0.15, -0.1) is 11.3 Å². The van der Waals surface area contributed by atoms with Crippen LogP contribution >= 0.6 is 24.0 Å². The molecule has 0 fully saturated rings. The maximum absolute atomic E-state index is 10.7. The van der Waals surface area contributed by atoms with Crippen LogP contribution in [0.25, 0.3) is 0 Å². The predicted molar refractivity (Wildman–Crippen MR) is 65.2 cm³/mol. The number of aliphatic carboxylic acids is 1. The molecule has 1 aromatic heterocycles. The Morgan fingerprint density at radius 3 is 2.87 bits per heavy atom. The van der Waals surface area contributed by atoms with E-state index in [9.17, 15) is 4.79 Å². The van der Waals surface area contributed by atoms with Crippen molar-refractivity contribution < 1.29 is 9.90 Å². The van der Waals surface area contributed by atoms with E-state index in [1.54, 1.807) is 11.3 Å². The first-order valence-corrected chi connectivity index (χ1v) is 5.99. The molecule has 2 unspecified atom stereocenters. The summed E-state index contributed by atoms with van der Waals surface area (Å²) >= 11 is 6.03. The average molecular weight is 243 g/mol. The Hall–Kier alpha value is -0.810. The second-order valence-electron chi connectivity index (χ2n) is 3.22. The standard InChI is InChI=1S/C10H13NO2S2/c11-6-7(10(12)13)3-4-8(14)9-2-1-5-15-9/h1-2,5-8,11,14H,3-4H2,(H,12,13). The molecule has 0 saturated carbocycles. The summed E-state index contributed by atoms with van der Waals surface area (Å²) in [6.07, 6.45) is 2.12. The first-order chi connectivity index (χ1) is 7.15. The number of carboxylic acids is 1. The number of nitrogens with one attached hydrogen (secondary N) is 1. The van der Waals surface area contributed by atoms with Crippen molar-refractivity contribution in [2.45, 2.75) is 18.1 Å². The molecule has 0 saturated heterocycles. The molecule has 0 bridgehead atoms. The van der Waals surface area contributed by atoms with Crippen molar-refractivity contribution in [2.75, 3.05) is 0 Å². The molecule has 0 radical (unpaired) electrons. The van der Waals surface area contributed by atoms with Crippen molar-refractivity contribution in [2.24, 2.45) is 5.92 Å². The van der Waals surface area contributed by atoms with Crippen LogP contribution in [0.5, 0.6) is 0 Å². The van der Waals surface area contributed by atoms with E-state index in [1.165, 1.54) is 0 Å². The summed E-state index contributed by atoms with van der Waals surface area (Å²) in [7, 11) is 0. The lowest BCUT2D eigenvalue weighted by molar-refractivity contribution is -0.139. The zero-order valence-electron chi connectivity index (χ0n) is 8.09. The normalized spacial score (nSPS) is 14.5. The van der Waals surface area contributed by atoms with Crippen molar-refractivity contribution in [1.82, 2.24) is 0 Å². The Morgan fingerprint density at radius 1 is 1.67 bits per heavy atom. The summed E-state index contributed by atoms with van der Waals surface area (Å²) < 4.78 is 0. The van der Waals surface area contributed by atoms with Crippen LogP contribution in [0.1, 0.15) is 23.0 Å². The quantitative estimate of drug-likeness (QED) is 0.531. The SMILES string of the molecule is N=CC(CCC(S)c1cccs1)C(=O)O. The van der Waals surface area contributed by atoms with Gasteiger partial charge in [-0.2, -0.15) is 12.6 Å². The first kappa shape index (κ1) is 12.3. The van der Waals surface area contributed by atoms with E-state index in [2.05, 4.69) is 12.6 Å². The maximum atomic E-state index is 10.7. The molecule has 5 heteroatoms. The van der Waals surface area contributed by atoms with E-state index in [1.807, 2.05) is 17.5 Å². The zero-order chi connectivity index (χ0) is 11.3. The van der Waals surface area contributed by atoms with Gasteiger partial charge in [0.2, 0.25) is 0 Å². The summed E-state index contributed by atoms with van der Waals surface area (Å²) in [6.45, 7) is 0. The third-order valence-corrected chi connectivity index (χ3v) is 3.84.